The Morgan fingerprint density at radius 2 is 1.35 bits per heavy atom. The molecule has 3 aromatic rings. The van der Waals surface area contributed by atoms with Crippen molar-refractivity contribution in [3.63, 3.8) is 0 Å². The molecule has 0 aliphatic heterocycles. The van der Waals surface area contributed by atoms with E-state index in [1.807, 2.05) is 66.7 Å². The number of benzene rings is 3. The van der Waals surface area contributed by atoms with E-state index in [0.717, 1.165) is 17.5 Å². The van der Waals surface area contributed by atoms with Crippen LogP contribution in [0.15, 0.2) is 91.0 Å². The molecule has 8 nitrogen and oxygen atoms in total. The second-order valence-electron chi connectivity index (χ2n) is 8.25. The van der Waals surface area contributed by atoms with Crippen molar-refractivity contribution >= 4 is 23.6 Å². The first-order valence-corrected chi connectivity index (χ1v) is 11.8. The van der Waals surface area contributed by atoms with E-state index in [0.29, 0.717) is 6.42 Å². The summed E-state index contributed by atoms with van der Waals surface area (Å²) in [5.74, 6) is -2.29. The molecule has 194 valence electrons. The summed E-state index contributed by atoms with van der Waals surface area (Å²) < 4.78 is 4.64. The number of rotatable bonds is 11. The van der Waals surface area contributed by atoms with Gasteiger partial charge in [-0.15, -0.1) is 0 Å². The molecule has 0 bridgehead atoms. The topological polar surface area (TPSA) is 136 Å². The fourth-order valence-electron chi connectivity index (χ4n) is 3.42. The Kier molecular flexibility index (Phi) is 12.2. The predicted molar refractivity (Wildman–Crippen MR) is 140 cm³/mol. The van der Waals surface area contributed by atoms with Crippen molar-refractivity contribution in [1.82, 2.24) is 5.32 Å². The van der Waals surface area contributed by atoms with Crippen LogP contribution in [0, 0.1) is 0 Å². The summed E-state index contributed by atoms with van der Waals surface area (Å²) in [5.41, 5.74) is 8.31. The molecular formula is C29H32N2O6. The van der Waals surface area contributed by atoms with E-state index >= 15 is 0 Å². The standard InChI is InChI=1S/C15H14O.C14H18N2O5/c16-15(14-9-5-2-6-10-14)12-11-13-7-3-1-4-8-13;1-21-14(20)11(7-9-5-3-2-4-6-9)16-13(19)10(15)8-12(17)18/h1-10H,11-12H2;2-6,10-11H,7-8,15H2,1H3,(H,16,19)(H,17,18)/t;10-,11-/m.0/s1. The Morgan fingerprint density at radius 3 is 1.86 bits per heavy atom. The van der Waals surface area contributed by atoms with Crippen LogP contribution in [-0.4, -0.2) is 47.9 Å². The number of esters is 1. The van der Waals surface area contributed by atoms with Gasteiger partial charge in [0.25, 0.3) is 0 Å². The molecule has 1 amide bonds. The van der Waals surface area contributed by atoms with E-state index in [2.05, 4.69) is 22.2 Å². The van der Waals surface area contributed by atoms with Crippen LogP contribution in [0.4, 0.5) is 0 Å². The SMILES string of the molecule is COC(=O)[C@H](Cc1ccccc1)NC(=O)[C@@H](N)CC(=O)O.O=C(CCc1ccccc1)c1ccccc1. The van der Waals surface area contributed by atoms with Crippen LogP contribution in [0.2, 0.25) is 0 Å². The first-order valence-electron chi connectivity index (χ1n) is 11.8. The molecule has 0 saturated heterocycles. The predicted octanol–water partition coefficient (Wildman–Crippen LogP) is 3.19. The molecule has 3 aromatic carbocycles. The molecule has 0 unspecified atom stereocenters. The van der Waals surface area contributed by atoms with E-state index in [1.165, 1.54) is 12.7 Å². The number of Topliss-reactive ketones (excluding diaryl/α,β-unsaturated/α-hetero) is 1. The molecule has 0 aromatic heterocycles. The Morgan fingerprint density at radius 1 is 0.838 bits per heavy atom. The number of carboxylic acid groups (broad SMARTS) is 1. The Bertz CT molecular complexity index is 1140. The number of hydrogen-bond donors (Lipinski definition) is 3. The number of methoxy groups -OCH3 is 1. The number of amides is 1. The maximum atomic E-state index is 11.8. The Balaban J connectivity index is 0.000000269. The summed E-state index contributed by atoms with van der Waals surface area (Å²) in [4.78, 5) is 45.8. The van der Waals surface area contributed by atoms with Gasteiger partial charge in [0.1, 0.15) is 6.04 Å². The van der Waals surface area contributed by atoms with Gasteiger partial charge in [-0.25, -0.2) is 4.79 Å². The number of aliphatic carboxylic acids is 1. The number of carbonyl (C=O) groups excluding carboxylic acids is 3. The average Bonchev–Trinajstić information content (AvgIpc) is 2.92. The number of aryl methyl sites for hydroxylation is 1. The fraction of sp³-hybridized carbons (Fsp3) is 0.241. The van der Waals surface area contributed by atoms with Crippen LogP contribution >= 0.6 is 0 Å². The zero-order chi connectivity index (χ0) is 27.0. The number of nitrogens with one attached hydrogen (secondary N) is 1. The van der Waals surface area contributed by atoms with Gasteiger partial charge in [0.15, 0.2) is 5.78 Å². The van der Waals surface area contributed by atoms with Gasteiger partial charge in [-0.1, -0.05) is 91.0 Å². The van der Waals surface area contributed by atoms with Crippen molar-refractivity contribution in [1.29, 1.82) is 0 Å². The third kappa shape index (κ3) is 10.9. The van der Waals surface area contributed by atoms with Gasteiger partial charge in [-0.05, 0) is 17.5 Å². The summed E-state index contributed by atoms with van der Waals surface area (Å²) in [6.45, 7) is 0. The largest absolute Gasteiger partial charge is 0.481 e. The summed E-state index contributed by atoms with van der Waals surface area (Å²) in [7, 11) is 1.21. The normalized spacial score (nSPS) is 11.7. The maximum absolute atomic E-state index is 11.8. The summed E-state index contributed by atoms with van der Waals surface area (Å²) >= 11 is 0. The van der Waals surface area contributed by atoms with Gasteiger partial charge < -0.3 is 20.9 Å². The lowest BCUT2D eigenvalue weighted by molar-refractivity contribution is -0.145. The zero-order valence-electron chi connectivity index (χ0n) is 20.7. The summed E-state index contributed by atoms with van der Waals surface area (Å²) in [6, 6.07) is 26.5. The monoisotopic (exact) mass is 504 g/mol. The second-order valence-corrected chi connectivity index (χ2v) is 8.25. The maximum Gasteiger partial charge on any atom is 0.328 e. The quantitative estimate of drug-likeness (QED) is 0.269. The van der Waals surface area contributed by atoms with Gasteiger partial charge in [0.05, 0.1) is 19.6 Å². The fourth-order valence-corrected chi connectivity index (χ4v) is 3.42. The Labute approximate surface area is 216 Å². The number of carbonyl (C=O) groups is 4. The molecule has 8 heteroatoms. The highest BCUT2D eigenvalue weighted by Crippen LogP contribution is 2.08. The van der Waals surface area contributed by atoms with Crippen LogP contribution in [0.25, 0.3) is 0 Å². The first kappa shape index (κ1) is 28.9. The zero-order valence-corrected chi connectivity index (χ0v) is 20.7. The van der Waals surface area contributed by atoms with Crippen molar-refractivity contribution < 1.29 is 29.0 Å². The molecule has 4 N–H and O–H groups in total. The van der Waals surface area contributed by atoms with Crippen molar-refractivity contribution in [3.05, 3.63) is 108 Å². The van der Waals surface area contributed by atoms with Gasteiger partial charge in [-0.2, -0.15) is 0 Å². The van der Waals surface area contributed by atoms with Crippen LogP contribution in [-0.2, 0) is 32.0 Å². The van der Waals surface area contributed by atoms with E-state index < -0.39 is 36.4 Å². The smallest absolute Gasteiger partial charge is 0.328 e. The van der Waals surface area contributed by atoms with Crippen molar-refractivity contribution in [2.45, 2.75) is 37.8 Å². The van der Waals surface area contributed by atoms with Crippen LogP contribution in [0.3, 0.4) is 0 Å². The molecular weight excluding hydrogens is 472 g/mol. The molecule has 3 rings (SSSR count). The average molecular weight is 505 g/mol. The van der Waals surface area contributed by atoms with Crippen LogP contribution in [0.1, 0.15) is 34.3 Å². The Hall–Kier alpha value is -4.30. The van der Waals surface area contributed by atoms with E-state index in [-0.39, 0.29) is 12.2 Å². The van der Waals surface area contributed by atoms with Crippen molar-refractivity contribution in [3.8, 4) is 0 Å². The van der Waals surface area contributed by atoms with E-state index in [9.17, 15) is 19.2 Å². The summed E-state index contributed by atoms with van der Waals surface area (Å²) in [5, 5.41) is 11.0. The molecule has 2 atom stereocenters. The van der Waals surface area contributed by atoms with Crippen LogP contribution < -0.4 is 11.1 Å². The van der Waals surface area contributed by atoms with Gasteiger partial charge in [-0.3, -0.25) is 14.4 Å². The lowest BCUT2D eigenvalue weighted by Crippen LogP contribution is -2.50. The van der Waals surface area contributed by atoms with Crippen molar-refractivity contribution in [2.24, 2.45) is 5.73 Å². The minimum atomic E-state index is -1.22. The number of ether oxygens (including phenoxy) is 1. The molecule has 0 aliphatic rings. The lowest BCUT2D eigenvalue weighted by atomic mass is 10.0. The molecule has 0 radical (unpaired) electrons. The number of hydrogen-bond acceptors (Lipinski definition) is 6. The van der Waals surface area contributed by atoms with E-state index in [4.69, 9.17) is 10.8 Å². The van der Waals surface area contributed by atoms with Crippen LogP contribution in [0.5, 0.6) is 0 Å². The highest BCUT2D eigenvalue weighted by atomic mass is 16.5. The van der Waals surface area contributed by atoms with E-state index in [1.54, 1.807) is 12.1 Å². The highest BCUT2D eigenvalue weighted by molar-refractivity contribution is 5.96. The molecule has 0 aliphatic carbocycles. The number of nitrogens with two attached hydrogens (primary N) is 1. The van der Waals surface area contributed by atoms with Crippen molar-refractivity contribution in [2.75, 3.05) is 7.11 Å². The molecule has 37 heavy (non-hydrogen) atoms. The highest BCUT2D eigenvalue weighted by Gasteiger charge is 2.25. The number of carboxylic acids is 1. The van der Waals surface area contributed by atoms with Gasteiger partial charge in [0, 0.05) is 18.4 Å². The minimum Gasteiger partial charge on any atom is -0.481 e. The number of ketones is 1. The summed E-state index contributed by atoms with van der Waals surface area (Å²) in [6.07, 6.45) is 1.12. The minimum absolute atomic E-state index is 0.212. The molecule has 0 fully saturated rings. The second kappa shape index (κ2) is 15.6. The molecule has 0 heterocycles. The third-order valence-electron chi connectivity index (χ3n) is 5.40. The molecule has 0 saturated carbocycles. The molecule has 0 spiro atoms. The third-order valence-corrected chi connectivity index (χ3v) is 5.40. The lowest BCUT2D eigenvalue weighted by Gasteiger charge is -2.18. The first-order chi connectivity index (χ1) is 17.8. The van der Waals surface area contributed by atoms with Gasteiger partial charge >= 0.3 is 11.9 Å². The van der Waals surface area contributed by atoms with Gasteiger partial charge in [0.2, 0.25) is 5.91 Å².